The standard InChI is InChI=1S/C10H16FN/c1-3-7-12(8-4-2)10-6-5-9(10)11/h3-4,9-10H,1-2,5-8H2. The van der Waals surface area contributed by atoms with E-state index in [2.05, 4.69) is 18.1 Å². The second-order valence-electron chi connectivity index (χ2n) is 3.19. The van der Waals surface area contributed by atoms with Gasteiger partial charge in [-0.15, -0.1) is 13.2 Å². The lowest BCUT2D eigenvalue weighted by molar-refractivity contribution is 0.0499. The van der Waals surface area contributed by atoms with Crippen LogP contribution in [0.3, 0.4) is 0 Å². The second kappa shape index (κ2) is 4.41. The fourth-order valence-corrected chi connectivity index (χ4v) is 1.53. The third-order valence-corrected chi connectivity index (χ3v) is 2.35. The lowest BCUT2D eigenvalue weighted by Gasteiger charge is -2.39. The summed E-state index contributed by atoms with van der Waals surface area (Å²) >= 11 is 0. The molecule has 2 heteroatoms. The molecule has 1 fully saturated rings. The van der Waals surface area contributed by atoms with Crippen LogP contribution in [-0.2, 0) is 0 Å². The molecule has 0 spiro atoms. The highest BCUT2D eigenvalue weighted by molar-refractivity contribution is 4.93. The molecule has 0 saturated heterocycles. The Morgan fingerprint density at radius 1 is 1.25 bits per heavy atom. The Bertz CT molecular complexity index is 157. The van der Waals surface area contributed by atoms with Crippen molar-refractivity contribution in [1.29, 1.82) is 0 Å². The Balaban J connectivity index is 2.40. The van der Waals surface area contributed by atoms with Crippen LogP contribution in [0.4, 0.5) is 4.39 Å². The number of nitrogens with zero attached hydrogens (tertiary/aromatic N) is 1. The molecule has 68 valence electrons. The van der Waals surface area contributed by atoms with Gasteiger partial charge in [0.1, 0.15) is 6.17 Å². The van der Waals surface area contributed by atoms with Crippen LogP contribution in [0.2, 0.25) is 0 Å². The van der Waals surface area contributed by atoms with Gasteiger partial charge in [0.05, 0.1) is 0 Å². The molecular weight excluding hydrogens is 153 g/mol. The summed E-state index contributed by atoms with van der Waals surface area (Å²) in [6, 6.07) is 0.112. The highest BCUT2D eigenvalue weighted by Gasteiger charge is 2.34. The first-order valence-electron chi connectivity index (χ1n) is 4.39. The van der Waals surface area contributed by atoms with Crippen molar-refractivity contribution in [3.05, 3.63) is 25.3 Å². The lowest BCUT2D eigenvalue weighted by Crippen LogP contribution is -2.48. The first kappa shape index (κ1) is 9.46. The van der Waals surface area contributed by atoms with Gasteiger partial charge in [-0.25, -0.2) is 4.39 Å². The molecule has 1 aliphatic rings. The normalized spacial score (nSPS) is 28.2. The first-order valence-corrected chi connectivity index (χ1v) is 4.39. The first-order chi connectivity index (χ1) is 5.79. The van der Waals surface area contributed by atoms with E-state index in [9.17, 15) is 4.39 Å². The van der Waals surface area contributed by atoms with Crippen LogP contribution < -0.4 is 0 Å². The summed E-state index contributed by atoms with van der Waals surface area (Å²) in [5, 5.41) is 0. The van der Waals surface area contributed by atoms with Gasteiger partial charge in [-0.1, -0.05) is 12.2 Å². The fourth-order valence-electron chi connectivity index (χ4n) is 1.53. The van der Waals surface area contributed by atoms with Crippen LogP contribution in [-0.4, -0.2) is 30.2 Å². The highest BCUT2D eigenvalue weighted by Crippen LogP contribution is 2.28. The van der Waals surface area contributed by atoms with Crippen molar-refractivity contribution >= 4 is 0 Å². The van der Waals surface area contributed by atoms with E-state index in [-0.39, 0.29) is 6.04 Å². The van der Waals surface area contributed by atoms with Crippen molar-refractivity contribution in [2.45, 2.75) is 25.1 Å². The highest BCUT2D eigenvalue weighted by atomic mass is 19.1. The minimum Gasteiger partial charge on any atom is -0.290 e. The Labute approximate surface area is 73.6 Å². The average molecular weight is 169 g/mol. The van der Waals surface area contributed by atoms with Gasteiger partial charge in [0.15, 0.2) is 0 Å². The van der Waals surface area contributed by atoms with Crippen LogP contribution in [0.15, 0.2) is 25.3 Å². The van der Waals surface area contributed by atoms with E-state index in [1.807, 2.05) is 12.2 Å². The van der Waals surface area contributed by atoms with Gasteiger partial charge in [0, 0.05) is 19.1 Å². The van der Waals surface area contributed by atoms with Crippen molar-refractivity contribution in [1.82, 2.24) is 4.90 Å². The minimum atomic E-state index is -0.634. The summed E-state index contributed by atoms with van der Waals surface area (Å²) in [5.41, 5.74) is 0. The monoisotopic (exact) mass is 169 g/mol. The maximum absolute atomic E-state index is 13.0. The molecule has 0 aliphatic heterocycles. The third-order valence-electron chi connectivity index (χ3n) is 2.35. The summed E-state index contributed by atoms with van der Waals surface area (Å²) in [6.45, 7) is 8.82. The smallest absolute Gasteiger partial charge is 0.116 e. The van der Waals surface area contributed by atoms with E-state index in [0.29, 0.717) is 0 Å². The SMILES string of the molecule is C=CCN(CC=C)C1CCC1F. The molecule has 1 saturated carbocycles. The van der Waals surface area contributed by atoms with E-state index >= 15 is 0 Å². The largest absolute Gasteiger partial charge is 0.290 e. The van der Waals surface area contributed by atoms with Crippen molar-refractivity contribution in [3.8, 4) is 0 Å². The summed E-state index contributed by atoms with van der Waals surface area (Å²) in [4.78, 5) is 2.08. The number of hydrogen-bond acceptors (Lipinski definition) is 1. The zero-order valence-electron chi connectivity index (χ0n) is 7.38. The molecule has 1 nitrogen and oxygen atoms in total. The van der Waals surface area contributed by atoms with Crippen LogP contribution >= 0.6 is 0 Å². The number of rotatable bonds is 5. The molecule has 0 aromatic heterocycles. The van der Waals surface area contributed by atoms with Crippen molar-refractivity contribution in [3.63, 3.8) is 0 Å². The summed E-state index contributed by atoms with van der Waals surface area (Å²) in [7, 11) is 0. The van der Waals surface area contributed by atoms with Crippen molar-refractivity contribution < 1.29 is 4.39 Å². The molecule has 2 atom stereocenters. The molecule has 0 aromatic rings. The topological polar surface area (TPSA) is 3.24 Å². The molecule has 1 aliphatic carbocycles. The fraction of sp³-hybridized carbons (Fsp3) is 0.600. The van der Waals surface area contributed by atoms with Gasteiger partial charge < -0.3 is 0 Å². The molecular formula is C10H16FN. The van der Waals surface area contributed by atoms with Gasteiger partial charge in [-0.2, -0.15) is 0 Å². The summed E-state index contributed by atoms with van der Waals surface area (Å²) < 4.78 is 13.0. The van der Waals surface area contributed by atoms with Gasteiger partial charge in [-0.05, 0) is 12.8 Å². The number of halogens is 1. The number of alkyl halides is 1. The average Bonchev–Trinajstić information content (AvgIpc) is 2.03. The van der Waals surface area contributed by atoms with Crippen LogP contribution in [0.1, 0.15) is 12.8 Å². The molecule has 0 heterocycles. The molecule has 0 aromatic carbocycles. The van der Waals surface area contributed by atoms with Crippen LogP contribution in [0, 0.1) is 0 Å². The molecule has 0 amide bonds. The van der Waals surface area contributed by atoms with E-state index in [1.54, 1.807) is 0 Å². The molecule has 12 heavy (non-hydrogen) atoms. The molecule has 0 N–H and O–H groups in total. The Morgan fingerprint density at radius 3 is 2.08 bits per heavy atom. The Hall–Kier alpha value is -0.630. The Morgan fingerprint density at radius 2 is 1.83 bits per heavy atom. The summed E-state index contributed by atoms with van der Waals surface area (Å²) in [5.74, 6) is 0. The molecule has 0 bridgehead atoms. The van der Waals surface area contributed by atoms with E-state index in [0.717, 1.165) is 25.9 Å². The van der Waals surface area contributed by atoms with Gasteiger partial charge in [0.25, 0.3) is 0 Å². The van der Waals surface area contributed by atoms with Crippen molar-refractivity contribution in [2.24, 2.45) is 0 Å². The predicted octanol–water partition coefficient (Wildman–Crippen LogP) is 2.16. The van der Waals surface area contributed by atoms with Crippen molar-refractivity contribution in [2.75, 3.05) is 13.1 Å². The zero-order chi connectivity index (χ0) is 8.97. The number of hydrogen-bond donors (Lipinski definition) is 0. The van der Waals surface area contributed by atoms with E-state index < -0.39 is 6.17 Å². The van der Waals surface area contributed by atoms with Gasteiger partial charge >= 0.3 is 0 Å². The molecule has 2 unspecified atom stereocenters. The zero-order valence-corrected chi connectivity index (χ0v) is 7.38. The lowest BCUT2D eigenvalue weighted by atomic mass is 9.89. The van der Waals surface area contributed by atoms with Crippen LogP contribution in [0.5, 0.6) is 0 Å². The quantitative estimate of drug-likeness (QED) is 0.570. The van der Waals surface area contributed by atoms with E-state index in [1.165, 1.54) is 0 Å². The molecule has 0 radical (unpaired) electrons. The van der Waals surface area contributed by atoms with E-state index in [4.69, 9.17) is 0 Å². The Kier molecular flexibility index (Phi) is 3.48. The van der Waals surface area contributed by atoms with Gasteiger partial charge in [0.2, 0.25) is 0 Å². The third kappa shape index (κ3) is 1.95. The minimum absolute atomic E-state index is 0.112. The van der Waals surface area contributed by atoms with Gasteiger partial charge in [-0.3, -0.25) is 4.90 Å². The maximum atomic E-state index is 13.0. The maximum Gasteiger partial charge on any atom is 0.116 e. The molecule has 1 rings (SSSR count). The second-order valence-corrected chi connectivity index (χ2v) is 3.19. The summed E-state index contributed by atoms with van der Waals surface area (Å²) in [6.07, 6.45) is 4.69. The predicted molar refractivity (Wildman–Crippen MR) is 49.9 cm³/mol. The van der Waals surface area contributed by atoms with Crippen LogP contribution in [0.25, 0.3) is 0 Å².